The number of nitrogens with zero attached hydrogens (tertiary/aromatic N) is 2. The summed E-state index contributed by atoms with van der Waals surface area (Å²) < 4.78 is 0. The van der Waals surface area contributed by atoms with Gasteiger partial charge in [0.25, 0.3) is 0 Å². The van der Waals surface area contributed by atoms with Gasteiger partial charge in [0.1, 0.15) is 10.6 Å². The third-order valence-electron chi connectivity index (χ3n) is 5.23. The van der Waals surface area contributed by atoms with E-state index in [9.17, 15) is 0 Å². The lowest BCUT2D eigenvalue weighted by atomic mass is 9.95. The smallest absolute Gasteiger partial charge is 0.225 e. The van der Waals surface area contributed by atoms with E-state index in [4.69, 9.17) is 11.6 Å². The molecule has 0 spiro atoms. The Morgan fingerprint density at radius 1 is 0.913 bits per heavy atom. The molecule has 2 aliphatic carbocycles. The molecule has 4 rings (SSSR count). The number of rotatable bonds is 2. The predicted molar refractivity (Wildman–Crippen MR) is 98.8 cm³/mol. The quantitative estimate of drug-likeness (QED) is 0.701. The fourth-order valence-electron chi connectivity index (χ4n) is 4.03. The lowest BCUT2D eigenvalue weighted by Crippen LogP contribution is -2.21. The molecular weight excluding hydrogens is 326 g/mol. The van der Waals surface area contributed by atoms with E-state index in [-0.39, 0.29) is 0 Å². The molecule has 1 fully saturated rings. The second-order valence-electron chi connectivity index (χ2n) is 6.92. The number of fused-ring (bicyclic) bond motifs is 3. The van der Waals surface area contributed by atoms with Gasteiger partial charge in [-0.1, -0.05) is 32.1 Å². The first kappa shape index (κ1) is 15.6. The van der Waals surface area contributed by atoms with Gasteiger partial charge < -0.3 is 5.32 Å². The minimum atomic E-state index is 0.379. The SMILES string of the molecule is Clc1nc(NC2CCCCCCC2)c2c3c(sc2n1)CCCC3. The Hall–Kier alpha value is -0.870. The van der Waals surface area contributed by atoms with Gasteiger partial charge in [-0.15, -0.1) is 11.3 Å². The first-order chi connectivity index (χ1) is 11.3. The van der Waals surface area contributed by atoms with Crippen LogP contribution in [0.25, 0.3) is 10.2 Å². The molecule has 0 unspecified atom stereocenters. The zero-order valence-electron chi connectivity index (χ0n) is 13.5. The van der Waals surface area contributed by atoms with Crippen molar-refractivity contribution in [1.82, 2.24) is 9.97 Å². The molecule has 1 saturated carbocycles. The van der Waals surface area contributed by atoms with Crippen LogP contribution in [0, 0.1) is 0 Å². The summed E-state index contributed by atoms with van der Waals surface area (Å²) in [6.45, 7) is 0. The van der Waals surface area contributed by atoms with Crippen molar-refractivity contribution < 1.29 is 0 Å². The first-order valence-corrected chi connectivity index (χ1v) is 10.2. The van der Waals surface area contributed by atoms with Gasteiger partial charge in [0, 0.05) is 10.9 Å². The molecule has 0 aromatic carbocycles. The predicted octanol–water partition coefficient (Wildman–Crippen LogP) is 5.75. The molecule has 1 N–H and O–H groups in total. The van der Waals surface area contributed by atoms with Crippen molar-refractivity contribution in [3.8, 4) is 0 Å². The summed E-state index contributed by atoms with van der Waals surface area (Å²) in [4.78, 5) is 11.7. The molecule has 0 aliphatic heterocycles. The number of nitrogens with one attached hydrogen (secondary N) is 1. The van der Waals surface area contributed by atoms with Crippen LogP contribution in [-0.4, -0.2) is 16.0 Å². The summed E-state index contributed by atoms with van der Waals surface area (Å²) in [5.74, 6) is 0.991. The third-order valence-corrected chi connectivity index (χ3v) is 6.59. The minimum Gasteiger partial charge on any atom is -0.367 e. The number of halogens is 1. The van der Waals surface area contributed by atoms with Gasteiger partial charge in [0.2, 0.25) is 5.28 Å². The van der Waals surface area contributed by atoms with Crippen LogP contribution in [0.2, 0.25) is 5.28 Å². The van der Waals surface area contributed by atoms with Crippen molar-refractivity contribution >= 4 is 39.0 Å². The number of hydrogen-bond donors (Lipinski definition) is 1. The molecule has 23 heavy (non-hydrogen) atoms. The van der Waals surface area contributed by atoms with Gasteiger partial charge in [-0.05, 0) is 55.7 Å². The zero-order valence-corrected chi connectivity index (χ0v) is 15.1. The average Bonchev–Trinajstić information content (AvgIpc) is 2.87. The highest BCUT2D eigenvalue weighted by Gasteiger charge is 2.22. The van der Waals surface area contributed by atoms with E-state index >= 15 is 0 Å². The fourth-order valence-corrected chi connectivity index (χ4v) is 5.51. The minimum absolute atomic E-state index is 0.379. The molecule has 2 aromatic heterocycles. The molecule has 0 atom stereocenters. The third kappa shape index (κ3) is 3.34. The summed E-state index contributed by atoms with van der Waals surface area (Å²) >= 11 is 8.03. The maximum absolute atomic E-state index is 6.21. The van der Waals surface area contributed by atoms with Gasteiger partial charge in [-0.2, -0.15) is 0 Å². The Kier molecular flexibility index (Phi) is 4.72. The molecule has 124 valence electrons. The molecular formula is C18H24ClN3S. The van der Waals surface area contributed by atoms with Crippen molar-refractivity contribution in [2.75, 3.05) is 5.32 Å². The van der Waals surface area contributed by atoms with E-state index in [2.05, 4.69) is 15.3 Å². The summed E-state index contributed by atoms with van der Waals surface area (Å²) in [7, 11) is 0. The van der Waals surface area contributed by atoms with Gasteiger partial charge in [0.05, 0.1) is 5.39 Å². The van der Waals surface area contributed by atoms with E-state index in [1.54, 1.807) is 0 Å². The average molecular weight is 350 g/mol. The molecule has 0 bridgehead atoms. The number of anilines is 1. The lowest BCUT2D eigenvalue weighted by molar-refractivity contribution is 0.471. The Labute approximate surface area is 146 Å². The van der Waals surface area contributed by atoms with Gasteiger partial charge in [-0.3, -0.25) is 0 Å². The van der Waals surface area contributed by atoms with Crippen molar-refractivity contribution in [3.05, 3.63) is 15.7 Å². The van der Waals surface area contributed by atoms with Crippen molar-refractivity contribution in [2.45, 2.75) is 76.7 Å². The standard InChI is InChI=1S/C18H24ClN3S/c19-18-21-16(20-12-8-4-2-1-3-5-9-12)15-13-10-6-7-11-14(13)23-17(15)22-18/h12H,1-11H2,(H,20,21,22). The van der Waals surface area contributed by atoms with Crippen molar-refractivity contribution in [2.24, 2.45) is 0 Å². The lowest BCUT2D eigenvalue weighted by Gasteiger charge is -2.22. The van der Waals surface area contributed by atoms with E-state index in [0.717, 1.165) is 10.6 Å². The van der Waals surface area contributed by atoms with Gasteiger partial charge in [-0.25, -0.2) is 9.97 Å². The fraction of sp³-hybridized carbons (Fsp3) is 0.667. The Balaban J connectivity index is 1.68. The maximum atomic E-state index is 6.21. The van der Waals surface area contributed by atoms with E-state index in [1.807, 2.05) is 11.3 Å². The first-order valence-electron chi connectivity index (χ1n) is 9.05. The molecule has 2 heterocycles. The Morgan fingerprint density at radius 3 is 2.48 bits per heavy atom. The van der Waals surface area contributed by atoms with Gasteiger partial charge >= 0.3 is 0 Å². The van der Waals surface area contributed by atoms with E-state index < -0.39 is 0 Å². The van der Waals surface area contributed by atoms with Gasteiger partial charge in [0.15, 0.2) is 0 Å². The number of aryl methyl sites for hydroxylation is 2. The number of thiophene rings is 1. The van der Waals surface area contributed by atoms with Crippen LogP contribution in [0.4, 0.5) is 5.82 Å². The van der Waals surface area contributed by atoms with Crippen LogP contribution in [0.15, 0.2) is 0 Å². The highest BCUT2D eigenvalue weighted by atomic mass is 35.5. The topological polar surface area (TPSA) is 37.8 Å². The molecule has 2 aromatic rings. The number of hydrogen-bond acceptors (Lipinski definition) is 4. The van der Waals surface area contributed by atoms with E-state index in [1.165, 1.54) is 86.5 Å². The summed E-state index contributed by atoms with van der Waals surface area (Å²) in [5, 5.41) is 5.38. The summed E-state index contributed by atoms with van der Waals surface area (Å²) in [6.07, 6.45) is 14.2. The molecule has 0 saturated heterocycles. The molecule has 3 nitrogen and oxygen atoms in total. The van der Waals surface area contributed by atoms with Crippen molar-refractivity contribution in [1.29, 1.82) is 0 Å². The van der Waals surface area contributed by atoms with Crippen LogP contribution in [-0.2, 0) is 12.8 Å². The highest BCUT2D eigenvalue weighted by Crippen LogP contribution is 2.39. The molecule has 0 amide bonds. The molecule has 0 radical (unpaired) electrons. The second-order valence-corrected chi connectivity index (χ2v) is 8.34. The molecule has 2 aliphatic rings. The van der Waals surface area contributed by atoms with Crippen LogP contribution in [0.1, 0.15) is 68.2 Å². The monoisotopic (exact) mass is 349 g/mol. The van der Waals surface area contributed by atoms with Crippen LogP contribution < -0.4 is 5.32 Å². The maximum Gasteiger partial charge on any atom is 0.225 e. The highest BCUT2D eigenvalue weighted by molar-refractivity contribution is 7.19. The van der Waals surface area contributed by atoms with Crippen molar-refractivity contribution in [3.63, 3.8) is 0 Å². The summed E-state index contributed by atoms with van der Waals surface area (Å²) in [6, 6.07) is 0.531. The second kappa shape index (κ2) is 6.94. The molecule has 5 heteroatoms. The summed E-state index contributed by atoms with van der Waals surface area (Å²) in [5.41, 5.74) is 1.49. The largest absolute Gasteiger partial charge is 0.367 e. The van der Waals surface area contributed by atoms with Crippen LogP contribution in [0.3, 0.4) is 0 Å². The number of aromatic nitrogens is 2. The van der Waals surface area contributed by atoms with Crippen LogP contribution >= 0.6 is 22.9 Å². The van der Waals surface area contributed by atoms with Crippen LogP contribution in [0.5, 0.6) is 0 Å². The van der Waals surface area contributed by atoms with E-state index in [0.29, 0.717) is 11.3 Å². The normalized spacial score (nSPS) is 20.0. The Bertz CT molecular complexity index is 689. The zero-order chi connectivity index (χ0) is 15.6. The Morgan fingerprint density at radius 2 is 1.65 bits per heavy atom.